The van der Waals surface area contributed by atoms with E-state index >= 15 is 0 Å². The number of aliphatic hydroxyl groups is 1. The van der Waals surface area contributed by atoms with Crippen LogP contribution in [0.3, 0.4) is 0 Å². The SMILES string of the molecule is CC(C)(C)OC(=O)N(CCc1ccc(N)cc1)C[C@H](O)COc1ccc(O)cc1. The molecular weight excluding hydrogens is 372 g/mol. The molecule has 0 saturated heterocycles. The summed E-state index contributed by atoms with van der Waals surface area (Å²) in [5.74, 6) is 0.657. The van der Waals surface area contributed by atoms with Crippen molar-refractivity contribution in [2.24, 2.45) is 0 Å². The molecule has 0 aromatic heterocycles. The fraction of sp³-hybridized carbons (Fsp3) is 0.409. The molecule has 158 valence electrons. The molecule has 2 rings (SSSR count). The minimum absolute atomic E-state index is 0.00590. The van der Waals surface area contributed by atoms with Crippen LogP contribution >= 0.6 is 0 Å². The summed E-state index contributed by atoms with van der Waals surface area (Å²) in [4.78, 5) is 14.1. The second-order valence-electron chi connectivity index (χ2n) is 7.88. The number of nitrogens with zero attached hydrogens (tertiary/aromatic N) is 1. The number of aliphatic hydroxyl groups excluding tert-OH is 1. The third-order valence-electron chi connectivity index (χ3n) is 4.01. The Morgan fingerprint density at radius 2 is 1.72 bits per heavy atom. The number of amides is 1. The summed E-state index contributed by atoms with van der Waals surface area (Å²) in [6, 6.07) is 13.7. The van der Waals surface area contributed by atoms with Crippen molar-refractivity contribution in [2.75, 3.05) is 25.4 Å². The van der Waals surface area contributed by atoms with Crippen LogP contribution in [0.1, 0.15) is 26.3 Å². The number of phenols is 1. The van der Waals surface area contributed by atoms with Crippen molar-refractivity contribution < 1.29 is 24.5 Å². The van der Waals surface area contributed by atoms with Gasteiger partial charge in [-0.05, 0) is 69.2 Å². The number of rotatable bonds is 8. The third-order valence-corrected chi connectivity index (χ3v) is 4.01. The molecule has 0 saturated carbocycles. The van der Waals surface area contributed by atoms with Gasteiger partial charge in [0, 0.05) is 12.2 Å². The van der Waals surface area contributed by atoms with Gasteiger partial charge in [0.15, 0.2) is 0 Å². The summed E-state index contributed by atoms with van der Waals surface area (Å²) in [6.45, 7) is 5.86. The Kier molecular flexibility index (Phi) is 7.73. The van der Waals surface area contributed by atoms with Gasteiger partial charge in [0.2, 0.25) is 0 Å². The highest BCUT2D eigenvalue weighted by molar-refractivity contribution is 5.68. The zero-order valence-corrected chi connectivity index (χ0v) is 17.2. The van der Waals surface area contributed by atoms with Crippen LogP contribution in [0.4, 0.5) is 10.5 Å². The Labute approximate surface area is 171 Å². The molecule has 0 spiro atoms. The lowest BCUT2D eigenvalue weighted by Gasteiger charge is -2.29. The maximum atomic E-state index is 12.6. The number of aromatic hydroxyl groups is 1. The molecule has 0 aliphatic rings. The van der Waals surface area contributed by atoms with Gasteiger partial charge in [-0.3, -0.25) is 0 Å². The van der Waals surface area contributed by atoms with Gasteiger partial charge in [0.05, 0.1) is 6.54 Å². The van der Waals surface area contributed by atoms with Crippen molar-refractivity contribution >= 4 is 11.8 Å². The number of carbonyl (C=O) groups excluding carboxylic acids is 1. The van der Waals surface area contributed by atoms with Crippen LogP contribution in [-0.4, -0.2) is 52.6 Å². The number of anilines is 1. The zero-order chi connectivity index (χ0) is 21.4. The van der Waals surface area contributed by atoms with Crippen molar-refractivity contribution in [3.05, 3.63) is 54.1 Å². The summed E-state index contributed by atoms with van der Waals surface area (Å²) in [5, 5.41) is 19.7. The van der Waals surface area contributed by atoms with Gasteiger partial charge in [-0.15, -0.1) is 0 Å². The first-order chi connectivity index (χ1) is 13.6. The lowest BCUT2D eigenvalue weighted by Crippen LogP contribution is -2.43. The van der Waals surface area contributed by atoms with E-state index in [1.54, 1.807) is 32.9 Å². The first kappa shape index (κ1) is 22.4. The number of hydrogen-bond donors (Lipinski definition) is 3. The number of carbonyl (C=O) groups is 1. The molecule has 7 heteroatoms. The molecule has 0 radical (unpaired) electrons. The average molecular weight is 402 g/mol. The summed E-state index contributed by atoms with van der Waals surface area (Å²) in [7, 11) is 0. The zero-order valence-electron chi connectivity index (χ0n) is 17.2. The van der Waals surface area contributed by atoms with E-state index in [4.69, 9.17) is 15.2 Å². The van der Waals surface area contributed by atoms with E-state index < -0.39 is 17.8 Å². The van der Waals surface area contributed by atoms with Crippen molar-refractivity contribution in [1.29, 1.82) is 0 Å². The lowest BCUT2D eigenvalue weighted by atomic mass is 10.1. The summed E-state index contributed by atoms with van der Waals surface area (Å²) in [5.41, 5.74) is 6.79. The average Bonchev–Trinajstić information content (AvgIpc) is 2.64. The fourth-order valence-corrected chi connectivity index (χ4v) is 2.57. The maximum absolute atomic E-state index is 12.6. The lowest BCUT2D eigenvalue weighted by molar-refractivity contribution is 0.00944. The molecular formula is C22H30N2O5. The van der Waals surface area contributed by atoms with Gasteiger partial charge in [-0.2, -0.15) is 0 Å². The molecule has 0 aliphatic heterocycles. The van der Waals surface area contributed by atoms with E-state index in [9.17, 15) is 15.0 Å². The standard InChI is InChI=1S/C22H30N2O5/c1-22(2,3)29-21(27)24(13-12-16-4-6-17(23)7-5-16)14-19(26)15-28-20-10-8-18(25)9-11-20/h4-11,19,25-26H,12-15,23H2,1-3H3/t19-/m0/s1. The molecule has 0 unspecified atom stereocenters. The molecule has 1 atom stereocenters. The molecule has 2 aromatic carbocycles. The molecule has 0 fully saturated rings. The predicted octanol–water partition coefficient (Wildman–Crippen LogP) is 3.19. The Balaban J connectivity index is 1.96. The molecule has 0 heterocycles. The summed E-state index contributed by atoms with van der Waals surface area (Å²) >= 11 is 0. The van der Waals surface area contributed by atoms with E-state index in [-0.39, 0.29) is 18.9 Å². The Hall–Kier alpha value is -2.93. The molecule has 4 N–H and O–H groups in total. The summed E-state index contributed by atoms with van der Waals surface area (Å²) in [6.07, 6.45) is -0.787. The van der Waals surface area contributed by atoms with Crippen molar-refractivity contribution in [2.45, 2.75) is 38.9 Å². The van der Waals surface area contributed by atoms with E-state index in [0.717, 1.165) is 5.56 Å². The largest absolute Gasteiger partial charge is 0.508 e. The fourth-order valence-electron chi connectivity index (χ4n) is 2.57. The highest BCUT2D eigenvalue weighted by Crippen LogP contribution is 2.17. The normalized spacial score (nSPS) is 12.3. The van der Waals surface area contributed by atoms with Crippen LogP contribution in [0.25, 0.3) is 0 Å². The van der Waals surface area contributed by atoms with E-state index in [1.165, 1.54) is 17.0 Å². The van der Waals surface area contributed by atoms with Gasteiger partial charge in [-0.1, -0.05) is 12.1 Å². The first-order valence-electron chi connectivity index (χ1n) is 9.54. The molecule has 2 aromatic rings. The first-order valence-corrected chi connectivity index (χ1v) is 9.54. The van der Waals surface area contributed by atoms with Crippen LogP contribution in [0.2, 0.25) is 0 Å². The molecule has 7 nitrogen and oxygen atoms in total. The van der Waals surface area contributed by atoms with Crippen LogP contribution in [-0.2, 0) is 11.2 Å². The maximum Gasteiger partial charge on any atom is 0.410 e. The highest BCUT2D eigenvalue weighted by atomic mass is 16.6. The Morgan fingerprint density at radius 1 is 1.10 bits per heavy atom. The predicted molar refractivity (Wildman–Crippen MR) is 112 cm³/mol. The van der Waals surface area contributed by atoms with Gasteiger partial charge in [0.1, 0.15) is 29.8 Å². The number of ether oxygens (including phenoxy) is 2. The molecule has 0 bridgehead atoms. The van der Waals surface area contributed by atoms with Crippen LogP contribution in [0.5, 0.6) is 11.5 Å². The number of benzene rings is 2. The monoisotopic (exact) mass is 402 g/mol. The number of nitrogen functional groups attached to an aromatic ring is 1. The number of nitrogens with two attached hydrogens (primary N) is 1. The summed E-state index contributed by atoms with van der Waals surface area (Å²) < 4.78 is 11.0. The van der Waals surface area contributed by atoms with E-state index in [1.807, 2.05) is 24.3 Å². The molecule has 0 aliphatic carbocycles. The van der Waals surface area contributed by atoms with Gasteiger partial charge in [-0.25, -0.2) is 4.79 Å². The van der Waals surface area contributed by atoms with Gasteiger partial charge >= 0.3 is 6.09 Å². The van der Waals surface area contributed by atoms with Crippen LogP contribution < -0.4 is 10.5 Å². The van der Waals surface area contributed by atoms with Crippen LogP contribution in [0.15, 0.2) is 48.5 Å². The second kappa shape index (κ2) is 10.0. The Bertz CT molecular complexity index is 769. The highest BCUT2D eigenvalue weighted by Gasteiger charge is 2.24. The topological polar surface area (TPSA) is 105 Å². The minimum atomic E-state index is -0.900. The smallest absolute Gasteiger partial charge is 0.410 e. The van der Waals surface area contributed by atoms with Gasteiger partial charge in [0.25, 0.3) is 0 Å². The van der Waals surface area contributed by atoms with Crippen molar-refractivity contribution in [1.82, 2.24) is 4.90 Å². The van der Waals surface area contributed by atoms with E-state index in [0.29, 0.717) is 24.4 Å². The van der Waals surface area contributed by atoms with Gasteiger partial charge < -0.3 is 30.3 Å². The minimum Gasteiger partial charge on any atom is -0.508 e. The van der Waals surface area contributed by atoms with E-state index in [2.05, 4.69) is 0 Å². The second-order valence-corrected chi connectivity index (χ2v) is 7.88. The molecule has 1 amide bonds. The quantitative estimate of drug-likeness (QED) is 0.586. The van der Waals surface area contributed by atoms with Crippen molar-refractivity contribution in [3.63, 3.8) is 0 Å². The third kappa shape index (κ3) is 8.31. The number of phenolic OH excluding ortho intramolecular Hbond substituents is 1. The molecule has 29 heavy (non-hydrogen) atoms. The van der Waals surface area contributed by atoms with Crippen molar-refractivity contribution in [3.8, 4) is 11.5 Å². The Morgan fingerprint density at radius 3 is 2.31 bits per heavy atom. The van der Waals surface area contributed by atoms with Crippen LogP contribution in [0, 0.1) is 0 Å². The number of hydrogen-bond acceptors (Lipinski definition) is 6.